The van der Waals surface area contributed by atoms with Crippen molar-refractivity contribution < 1.29 is 0 Å². The molecular weight excluding hydrogens is 254 g/mol. The quantitative estimate of drug-likeness (QED) is 0.744. The monoisotopic (exact) mass is 267 g/mol. The Bertz CT molecular complexity index is 564. The minimum atomic E-state index is 0.593. The molecule has 2 aromatic heterocycles. The van der Waals surface area contributed by atoms with Gasteiger partial charge in [-0.05, 0) is 25.8 Å². The van der Waals surface area contributed by atoms with Crippen LogP contribution in [0.4, 0.5) is 0 Å². The number of rotatable bonds is 1. The van der Waals surface area contributed by atoms with Gasteiger partial charge in [0.05, 0.1) is 5.39 Å². The summed E-state index contributed by atoms with van der Waals surface area (Å²) in [6.45, 7) is 6.60. The molecular formula is C12H14ClN3S. The fourth-order valence-electron chi connectivity index (χ4n) is 2.35. The number of aromatic nitrogens is 2. The zero-order valence-corrected chi connectivity index (χ0v) is 11.5. The molecule has 5 heteroatoms. The minimum Gasteiger partial charge on any atom is -0.296 e. The van der Waals surface area contributed by atoms with Crippen molar-refractivity contribution in [2.45, 2.75) is 32.9 Å². The van der Waals surface area contributed by atoms with E-state index < -0.39 is 0 Å². The first-order chi connectivity index (χ1) is 8.16. The van der Waals surface area contributed by atoms with E-state index in [1.54, 1.807) is 17.7 Å². The first kappa shape index (κ1) is 11.4. The molecule has 0 saturated heterocycles. The molecule has 0 bridgehead atoms. The van der Waals surface area contributed by atoms with Crippen molar-refractivity contribution in [2.24, 2.45) is 0 Å². The highest BCUT2D eigenvalue weighted by atomic mass is 35.5. The zero-order valence-electron chi connectivity index (χ0n) is 9.90. The largest absolute Gasteiger partial charge is 0.296 e. The summed E-state index contributed by atoms with van der Waals surface area (Å²) in [4.78, 5) is 13.3. The van der Waals surface area contributed by atoms with Gasteiger partial charge in [-0.25, -0.2) is 9.97 Å². The van der Waals surface area contributed by atoms with E-state index >= 15 is 0 Å². The highest BCUT2D eigenvalue weighted by molar-refractivity contribution is 7.19. The Morgan fingerprint density at radius 2 is 2.24 bits per heavy atom. The van der Waals surface area contributed by atoms with Crippen molar-refractivity contribution in [1.82, 2.24) is 14.9 Å². The van der Waals surface area contributed by atoms with E-state index in [1.807, 2.05) is 0 Å². The van der Waals surface area contributed by atoms with Crippen LogP contribution in [0.3, 0.4) is 0 Å². The van der Waals surface area contributed by atoms with E-state index in [9.17, 15) is 0 Å². The fraction of sp³-hybridized carbons (Fsp3) is 0.500. The third-order valence-electron chi connectivity index (χ3n) is 3.35. The van der Waals surface area contributed by atoms with Crippen LogP contribution < -0.4 is 0 Å². The van der Waals surface area contributed by atoms with E-state index in [0.717, 1.165) is 29.7 Å². The standard InChI is InChI=1S/C12H14ClN3S/c1-7(2)16-4-3-8-9(5-16)17-12-10(8)11(13)14-6-15-12/h6-7H,3-5H2,1-2H3. The molecule has 0 amide bonds. The molecule has 0 atom stereocenters. The lowest BCUT2D eigenvalue weighted by molar-refractivity contribution is 0.206. The second-order valence-electron chi connectivity index (χ2n) is 4.66. The lowest BCUT2D eigenvalue weighted by atomic mass is 10.0. The molecule has 17 heavy (non-hydrogen) atoms. The van der Waals surface area contributed by atoms with Crippen molar-refractivity contribution in [1.29, 1.82) is 0 Å². The Morgan fingerprint density at radius 1 is 1.41 bits per heavy atom. The van der Waals surface area contributed by atoms with Crippen LogP contribution in [0.2, 0.25) is 5.15 Å². The van der Waals surface area contributed by atoms with Crippen molar-refractivity contribution in [2.75, 3.05) is 6.54 Å². The highest BCUT2D eigenvalue weighted by Gasteiger charge is 2.24. The smallest absolute Gasteiger partial charge is 0.141 e. The number of hydrogen-bond acceptors (Lipinski definition) is 4. The van der Waals surface area contributed by atoms with E-state index in [0.29, 0.717) is 11.2 Å². The predicted octanol–water partition coefficient (Wildman–Crippen LogP) is 3.11. The minimum absolute atomic E-state index is 0.593. The summed E-state index contributed by atoms with van der Waals surface area (Å²) in [5.74, 6) is 0. The number of nitrogens with zero attached hydrogens (tertiary/aromatic N) is 3. The van der Waals surface area contributed by atoms with E-state index in [2.05, 4.69) is 28.7 Å². The van der Waals surface area contributed by atoms with E-state index in [1.165, 1.54) is 10.4 Å². The molecule has 1 aliphatic heterocycles. The van der Waals surface area contributed by atoms with Gasteiger partial charge in [0, 0.05) is 24.0 Å². The highest BCUT2D eigenvalue weighted by Crippen LogP contribution is 2.37. The Labute approximate surface area is 109 Å². The molecule has 0 spiro atoms. The van der Waals surface area contributed by atoms with Crippen LogP contribution in [0, 0.1) is 0 Å². The summed E-state index contributed by atoms with van der Waals surface area (Å²) in [5, 5.41) is 1.68. The molecule has 0 radical (unpaired) electrons. The van der Waals surface area contributed by atoms with Gasteiger partial charge in [-0.15, -0.1) is 11.3 Å². The molecule has 0 aromatic carbocycles. The SMILES string of the molecule is CC(C)N1CCc2c(sc3ncnc(Cl)c23)C1. The van der Waals surface area contributed by atoms with Crippen LogP contribution in [-0.2, 0) is 13.0 Å². The van der Waals surface area contributed by atoms with Gasteiger partial charge in [-0.2, -0.15) is 0 Å². The van der Waals surface area contributed by atoms with Crippen LogP contribution in [0.5, 0.6) is 0 Å². The number of hydrogen-bond donors (Lipinski definition) is 0. The molecule has 0 aliphatic carbocycles. The molecule has 3 heterocycles. The van der Waals surface area contributed by atoms with Gasteiger partial charge in [0.2, 0.25) is 0 Å². The first-order valence-corrected chi connectivity index (χ1v) is 7.01. The predicted molar refractivity (Wildman–Crippen MR) is 71.7 cm³/mol. The van der Waals surface area contributed by atoms with Crippen LogP contribution in [0.15, 0.2) is 6.33 Å². The van der Waals surface area contributed by atoms with Gasteiger partial charge in [-0.1, -0.05) is 11.6 Å². The third kappa shape index (κ3) is 1.84. The van der Waals surface area contributed by atoms with Gasteiger partial charge in [0.15, 0.2) is 0 Å². The van der Waals surface area contributed by atoms with Crippen LogP contribution in [0.25, 0.3) is 10.2 Å². The topological polar surface area (TPSA) is 29.0 Å². The Kier molecular flexibility index (Phi) is 2.81. The molecule has 0 unspecified atom stereocenters. The molecule has 0 saturated carbocycles. The average Bonchev–Trinajstić information content (AvgIpc) is 2.67. The lowest BCUT2D eigenvalue weighted by Crippen LogP contribution is -2.35. The van der Waals surface area contributed by atoms with Gasteiger partial charge >= 0.3 is 0 Å². The molecule has 90 valence electrons. The van der Waals surface area contributed by atoms with Gasteiger partial charge < -0.3 is 0 Å². The normalized spacial score (nSPS) is 16.7. The summed E-state index contributed by atoms with van der Waals surface area (Å²) >= 11 is 7.93. The number of fused-ring (bicyclic) bond motifs is 3. The van der Waals surface area contributed by atoms with E-state index in [-0.39, 0.29) is 0 Å². The first-order valence-electron chi connectivity index (χ1n) is 5.81. The lowest BCUT2D eigenvalue weighted by Gasteiger charge is -2.30. The van der Waals surface area contributed by atoms with Crippen molar-refractivity contribution in [3.05, 3.63) is 21.9 Å². The second kappa shape index (κ2) is 4.19. The maximum Gasteiger partial charge on any atom is 0.141 e. The van der Waals surface area contributed by atoms with Gasteiger partial charge in [-0.3, -0.25) is 4.90 Å². The summed E-state index contributed by atoms with van der Waals surface area (Å²) in [6.07, 6.45) is 2.60. The molecule has 0 fully saturated rings. The molecule has 3 nitrogen and oxygen atoms in total. The third-order valence-corrected chi connectivity index (χ3v) is 4.76. The van der Waals surface area contributed by atoms with Crippen molar-refractivity contribution in [3.8, 4) is 0 Å². The summed E-state index contributed by atoms with van der Waals surface area (Å²) in [6, 6.07) is 0.593. The molecule has 0 N–H and O–H groups in total. The molecule has 2 aromatic rings. The van der Waals surface area contributed by atoms with Crippen LogP contribution in [-0.4, -0.2) is 27.5 Å². The van der Waals surface area contributed by atoms with Crippen molar-refractivity contribution in [3.63, 3.8) is 0 Å². The second-order valence-corrected chi connectivity index (χ2v) is 6.10. The number of halogens is 1. The van der Waals surface area contributed by atoms with Crippen molar-refractivity contribution >= 4 is 33.2 Å². The Morgan fingerprint density at radius 3 is 3.00 bits per heavy atom. The molecule has 3 rings (SSSR count). The Hall–Kier alpha value is -0.710. The average molecular weight is 268 g/mol. The zero-order chi connectivity index (χ0) is 12.0. The van der Waals surface area contributed by atoms with Crippen LogP contribution >= 0.6 is 22.9 Å². The summed E-state index contributed by atoms with van der Waals surface area (Å²) in [7, 11) is 0. The molecule has 1 aliphatic rings. The summed E-state index contributed by atoms with van der Waals surface area (Å²) in [5.41, 5.74) is 1.37. The maximum atomic E-state index is 6.18. The maximum absolute atomic E-state index is 6.18. The van der Waals surface area contributed by atoms with Gasteiger partial charge in [0.25, 0.3) is 0 Å². The Balaban J connectivity index is 2.11. The fourth-order valence-corrected chi connectivity index (χ4v) is 3.87. The number of thiophene rings is 1. The summed E-state index contributed by atoms with van der Waals surface area (Å²) < 4.78 is 0. The van der Waals surface area contributed by atoms with Crippen LogP contribution in [0.1, 0.15) is 24.3 Å². The van der Waals surface area contributed by atoms with E-state index in [4.69, 9.17) is 11.6 Å². The van der Waals surface area contributed by atoms with Gasteiger partial charge in [0.1, 0.15) is 16.3 Å².